The summed E-state index contributed by atoms with van der Waals surface area (Å²) in [6.07, 6.45) is 0. The molecule has 0 radical (unpaired) electrons. The van der Waals surface area contributed by atoms with Gasteiger partial charge in [0.05, 0.1) is 5.56 Å². The van der Waals surface area contributed by atoms with Crippen molar-refractivity contribution in [1.29, 1.82) is 0 Å². The lowest BCUT2D eigenvalue weighted by Crippen LogP contribution is -1.99. The van der Waals surface area contributed by atoms with Gasteiger partial charge >= 0.3 is 5.97 Å². The maximum Gasteiger partial charge on any atom is 0.336 e. The Bertz CT molecular complexity index is 329. The second-order valence-corrected chi connectivity index (χ2v) is 2.76. The largest absolute Gasteiger partial charge is 0.508 e. The Labute approximate surface area is 70.3 Å². The van der Waals surface area contributed by atoms with E-state index in [1.54, 1.807) is 19.9 Å². The lowest BCUT2D eigenvalue weighted by atomic mass is 10.1. The van der Waals surface area contributed by atoms with Crippen LogP contribution in [-0.4, -0.2) is 16.2 Å². The predicted octanol–water partition coefficient (Wildman–Crippen LogP) is 1.71. The van der Waals surface area contributed by atoms with E-state index in [2.05, 4.69) is 0 Å². The number of aromatic hydroxyl groups is 1. The molecule has 2 N–H and O–H groups in total. The minimum atomic E-state index is -1.01. The number of phenols is 1. The minimum absolute atomic E-state index is 0.0259. The van der Waals surface area contributed by atoms with Crippen molar-refractivity contribution in [1.82, 2.24) is 0 Å². The Morgan fingerprint density at radius 1 is 1.25 bits per heavy atom. The van der Waals surface area contributed by atoms with E-state index in [1.807, 2.05) is 0 Å². The van der Waals surface area contributed by atoms with Crippen molar-refractivity contribution in [3.63, 3.8) is 0 Å². The van der Waals surface area contributed by atoms with Crippen LogP contribution in [0.5, 0.6) is 5.75 Å². The van der Waals surface area contributed by atoms with Gasteiger partial charge in [-0.05, 0) is 31.0 Å². The first-order valence-electron chi connectivity index (χ1n) is 3.56. The van der Waals surface area contributed by atoms with E-state index in [4.69, 9.17) is 5.11 Å². The zero-order chi connectivity index (χ0) is 9.30. The smallest absolute Gasteiger partial charge is 0.336 e. The molecule has 0 bridgehead atoms. The average molecular weight is 166 g/mol. The third-order valence-corrected chi connectivity index (χ3v) is 1.77. The van der Waals surface area contributed by atoms with Crippen LogP contribution < -0.4 is 0 Å². The molecule has 12 heavy (non-hydrogen) atoms. The molecule has 0 aliphatic heterocycles. The zero-order valence-electron chi connectivity index (χ0n) is 6.96. The van der Waals surface area contributed by atoms with E-state index in [1.165, 1.54) is 6.07 Å². The summed E-state index contributed by atoms with van der Waals surface area (Å²) < 4.78 is 0. The summed E-state index contributed by atoms with van der Waals surface area (Å²) in [4.78, 5) is 10.6. The highest BCUT2D eigenvalue weighted by Gasteiger charge is 2.09. The highest BCUT2D eigenvalue weighted by atomic mass is 16.4. The van der Waals surface area contributed by atoms with E-state index in [0.29, 0.717) is 11.1 Å². The van der Waals surface area contributed by atoms with Crippen molar-refractivity contribution in [3.05, 3.63) is 28.8 Å². The normalized spacial score (nSPS) is 9.83. The average Bonchev–Trinajstić information content (AvgIpc) is 1.96. The summed E-state index contributed by atoms with van der Waals surface area (Å²) in [7, 11) is 0. The summed E-state index contributed by atoms with van der Waals surface area (Å²) in [5.41, 5.74) is 1.51. The predicted molar refractivity (Wildman–Crippen MR) is 44.5 cm³/mol. The number of aromatic carboxylic acids is 1. The fraction of sp³-hybridized carbons (Fsp3) is 0.222. The first kappa shape index (κ1) is 8.59. The minimum Gasteiger partial charge on any atom is -0.508 e. The number of carboxylic acids is 1. The number of carboxylic acid groups (broad SMARTS) is 1. The number of aryl methyl sites for hydroxylation is 2. The fourth-order valence-corrected chi connectivity index (χ4v) is 1.07. The molecule has 3 nitrogen and oxygen atoms in total. The second kappa shape index (κ2) is 2.85. The lowest BCUT2D eigenvalue weighted by Gasteiger charge is -2.03. The monoisotopic (exact) mass is 166 g/mol. The molecule has 0 aliphatic rings. The Morgan fingerprint density at radius 3 is 2.33 bits per heavy atom. The molecule has 0 saturated carbocycles. The third-order valence-electron chi connectivity index (χ3n) is 1.77. The first-order valence-corrected chi connectivity index (χ1v) is 3.56. The molecule has 0 unspecified atom stereocenters. The van der Waals surface area contributed by atoms with Crippen LogP contribution >= 0.6 is 0 Å². The molecule has 0 fully saturated rings. The topological polar surface area (TPSA) is 57.5 Å². The van der Waals surface area contributed by atoms with Gasteiger partial charge in [0.2, 0.25) is 0 Å². The van der Waals surface area contributed by atoms with Crippen LogP contribution in [0, 0.1) is 13.8 Å². The van der Waals surface area contributed by atoms with Crippen LogP contribution in [0.3, 0.4) is 0 Å². The molecule has 64 valence electrons. The van der Waals surface area contributed by atoms with Gasteiger partial charge < -0.3 is 10.2 Å². The Morgan fingerprint density at radius 2 is 1.83 bits per heavy atom. The maximum absolute atomic E-state index is 10.6. The Kier molecular flexibility index (Phi) is 2.04. The molecular weight excluding hydrogens is 156 g/mol. The summed E-state index contributed by atoms with van der Waals surface area (Å²) in [6, 6.07) is 2.92. The number of phenolic OH excluding ortho intramolecular Hbond substituents is 1. The summed E-state index contributed by atoms with van der Waals surface area (Å²) >= 11 is 0. The number of hydrogen-bond donors (Lipinski definition) is 2. The Hall–Kier alpha value is -1.51. The van der Waals surface area contributed by atoms with Gasteiger partial charge in [-0.15, -0.1) is 0 Å². The van der Waals surface area contributed by atoms with Crippen molar-refractivity contribution in [2.75, 3.05) is 0 Å². The van der Waals surface area contributed by atoms with E-state index in [9.17, 15) is 9.90 Å². The van der Waals surface area contributed by atoms with Gasteiger partial charge in [-0.2, -0.15) is 0 Å². The molecule has 0 aliphatic carbocycles. The van der Waals surface area contributed by atoms with Crippen LogP contribution in [0.25, 0.3) is 0 Å². The van der Waals surface area contributed by atoms with E-state index in [-0.39, 0.29) is 11.3 Å². The second-order valence-electron chi connectivity index (χ2n) is 2.76. The van der Waals surface area contributed by atoms with Gasteiger partial charge in [-0.3, -0.25) is 0 Å². The van der Waals surface area contributed by atoms with Crippen molar-refractivity contribution < 1.29 is 15.0 Å². The summed E-state index contributed by atoms with van der Waals surface area (Å²) in [6.45, 7) is 3.43. The third kappa shape index (κ3) is 1.39. The molecule has 0 saturated heterocycles. The molecule has 3 heteroatoms. The molecule has 0 spiro atoms. The highest BCUT2D eigenvalue weighted by molar-refractivity contribution is 5.90. The van der Waals surface area contributed by atoms with Crippen LogP contribution in [-0.2, 0) is 0 Å². The molecule has 0 aromatic heterocycles. The van der Waals surface area contributed by atoms with Gasteiger partial charge in [0.25, 0.3) is 0 Å². The van der Waals surface area contributed by atoms with Crippen LogP contribution in [0.4, 0.5) is 0 Å². The zero-order valence-corrected chi connectivity index (χ0v) is 6.96. The van der Waals surface area contributed by atoms with E-state index >= 15 is 0 Å². The highest BCUT2D eigenvalue weighted by Crippen LogP contribution is 2.20. The Balaban J connectivity index is 3.33. The van der Waals surface area contributed by atoms with Crippen LogP contribution in [0.15, 0.2) is 12.1 Å². The molecule has 1 aromatic carbocycles. The molecule has 1 rings (SSSR count). The molecular formula is C9H10O3. The lowest BCUT2D eigenvalue weighted by molar-refractivity contribution is 0.0695. The quantitative estimate of drug-likeness (QED) is 0.667. The van der Waals surface area contributed by atoms with E-state index in [0.717, 1.165) is 0 Å². The van der Waals surface area contributed by atoms with E-state index < -0.39 is 5.97 Å². The number of rotatable bonds is 1. The molecule has 0 heterocycles. The van der Waals surface area contributed by atoms with Gasteiger partial charge in [-0.25, -0.2) is 4.79 Å². The van der Waals surface area contributed by atoms with Crippen molar-refractivity contribution >= 4 is 5.97 Å². The first-order chi connectivity index (χ1) is 5.52. The molecule has 1 aromatic rings. The maximum atomic E-state index is 10.6. The van der Waals surface area contributed by atoms with Crippen molar-refractivity contribution in [3.8, 4) is 5.75 Å². The summed E-state index contributed by atoms with van der Waals surface area (Å²) in [5.74, 6) is -0.985. The number of hydrogen-bond acceptors (Lipinski definition) is 2. The molecule has 0 atom stereocenters. The van der Waals surface area contributed by atoms with Gasteiger partial charge in [-0.1, -0.05) is 6.07 Å². The van der Waals surface area contributed by atoms with Gasteiger partial charge in [0, 0.05) is 0 Å². The standard InChI is InChI=1S/C9H10O3/c1-5-3-6(2)8(10)4-7(5)9(11)12/h3-4,10H,1-2H3,(H,11,12). The number of carbonyl (C=O) groups is 1. The number of benzene rings is 1. The van der Waals surface area contributed by atoms with Crippen molar-refractivity contribution in [2.24, 2.45) is 0 Å². The summed E-state index contributed by atoms with van der Waals surface area (Å²) in [5, 5.41) is 17.9. The molecule has 0 amide bonds. The van der Waals surface area contributed by atoms with Crippen molar-refractivity contribution in [2.45, 2.75) is 13.8 Å². The van der Waals surface area contributed by atoms with Gasteiger partial charge in [0.15, 0.2) is 0 Å². The fourth-order valence-electron chi connectivity index (χ4n) is 1.07. The van der Waals surface area contributed by atoms with Crippen LogP contribution in [0.2, 0.25) is 0 Å². The van der Waals surface area contributed by atoms with Gasteiger partial charge in [0.1, 0.15) is 5.75 Å². The SMILES string of the molecule is Cc1cc(C)c(C(=O)O)cc1O. The van der Waals surface area contributed by atoms with Crippen LogP contribution in [0.1, 0.15) is 21.5 Å².